The van der Waals surface area contributed by atoms with E-state index in [-0.39, 0.29) is 17.1 Å². The fraction of sp³-hybridized carbons (Fsp3) is 0.516. The quantitative estimate of drug-likeness (QED) is 0.243. The molecule has 0 spiro atoms. The number of hydrogen-bond acceptors (Lipinski definition) is 8. The Morgan fingerprint density at radius 1 is 1.10 bits per heavy atom. The molecule has 9 heteroatoms. The number of benzene rings is 2. The van der Waals surface area contributed by atoms with Crippen LogP contribution >= 0.6 is 11.9 Å². The molecule has 3 atom stereocenters. The first-order valence-electron chi connectivity index (χ1n) is 14.7. The van der Waals surface area contributed by atoms with E-state index in [0.29, 0.717) is 25.7 Å². The molecule has 2 aromatic carbocycles. The molecular formula is C31H38N4O4S. The van der Waals surface area contributed by atoms with Gasteiger partial charge in [0, 0.05) is 36.1 Å². The van der Waals surface area contributed by atoms with Crippen LogP contribution in [0, 0.1) is 5.92 Å². The number of fused-ring (bicyclic) bond motifs is 4. The van der Waals surface area contributed by atoms with E-state index in [0.717, 1.165) is 17.7 Å². The van der Waals surface area contributed by atoms with Gasteiger partial charge in [0.1, 0.15) is 5.75 Å². The van der Waals surface area contributed by atoms with Gasteiger partial charge in [-0.15, -0.1) is 0 Å². The SMILES string of the molecule is CCC1NC(C(=O)C2OO2)[C@@H]2COc3ccccc3-c3c(C4CCCCC4)c4ccc(cc4n3C2)N(C)CNS1. The number of carbonyl (C=O) groups is 1. The summed E-state index contributed by atoms with van der Waals surface area (Å²) in [5.74, 6) is 1.19. The number of anilines is 1. The van der Waals surface area contributed by atoms with Crippen molar-refractivity contribution in [2.24, 2.45) is 5.92 Å². The Morgan fingerprint density at radius 2 is 1.93 bits per heavy atom. The monoisotopic (exact) mass is 562 g/mol. The Balaban J connectivity index is 1.46. The zero-order valence-corrected chi connectivity index (χ0v) is 24.0. The van der Waals surface area contributed by atoms with Crippen LogP contribution < -0.4 is 19.7 Å². The highest BCUT2D eigenvalue weighted by molar-refractivity contribution is 7.98. The zero-order valence-electron chi connectivity index (χ0n) is 23.2. The van der Waals surface area contributed by atoms with Crippen molar-refractivity contribution in [2.75, 3.05) is 25.2 Å². The molecule has 1 aromatic heterocycles. The molecule has 40 heavy (non-hydrogen) atoms. The van der Waals surface area contributed by atoms with E-state index < -0.39 is 12.3 Å². The summed E-state index contributed by atoms with van der Waals surface area (Å²) in [6.45, 7) is 3.89. The van der Waals surface area contributed by atoms with Crippen molar-refractivity contribution >= 4 is 34.3 Å². The average Bonchev–Trinajstić information content (AvgIpc) is 3.78. The van der Waals surface area contributed by atoms with Gasteiger partial charge in [0.15, 0.2) is 0 Å². The van der Waals surface area contributed by atoms with Gasteiger partial charge in [0.25, 0.3) is 6.29 Å². The summed E-state index contributed by atoms with van der Waals surface area (Å²) in [5, 5.41) is 5.02. The van der Waals surface area contributed by atoms with Crippen LogP contribution in [-0.4, -0.2) is 48.4 Å². The van der Waals surface area contributed by atoms with E-state index in [1.54, 1.807) is 11.9 Å². The van der Waals surface area contributed by atoms with E-state index in [4.69, 9.17) is 14.5 Å². The third-order valence-electron chi connectivity index (χ3n) is 9.02. The van der Waals surface area contributed by atoms with E-state index in [2.05, 4.69) is 69.9 Å². The molecule has 4 heterocycles. The second-order valence-corrected chi connectivity index (χ2v) is 12.7. The minimum absolute atomic E-state index is 0.0321. The van der Waals surface area contributed by atoms with Crippen LogP contribution in [0.25, 0.3) is 22.2 Å². The van der Waals surface area contributed by atoms with Gasteiger partial charge in [0.2, 0.25) is 5.78 Å². The van der Waals surface area contributed by atoms with Crippen molar-refractivity contribution in [3.63, 3.8) is 0 Å². The molecule has 2 fully saturated rings. The predicted octanol–water partition coefficient (Wildman–Crippen LogP) is 5.56. The van der Waals surface area contributed by atoms with Gasteiger partial charge >= 0.3 is 0 Å². The molecular weight excluding hydrogens is 524 g/mol. The molecule has 1 aliphatic carbocycles. The number of hydrogen-bond donors (Lipinski definition) is 2. The van der Waals surface area contributed by atoms with Crippen LogP contribution in [0.1, 0.15) is 56.9 Å². The molecule has 3 aliphatic heterocycles. The smallest absolute Gasteiger partial charge is 0.283 e. The lowest BCUT2D eigenvalue weighted by atomic mass is 9.81. The lowest BCUT2D eigenvalue weighted by molar-refractivity contribution is -0.124. The Morgan fingerprint density at radius 3 is 2.73 bits per heavy atom. The summed E-state index contributed by atoms with van der Waals surface area (Å²) < 4.78 is 12.6. The van der Waals surface area contributed by atoms with E-state index in [1.165, 1.54) is 60.0 Å². The number of Topliss-reactive ketones (excluding diaryl/α,β-unsaturated/α-hetero) is 1. The van der Waals surface area contributed by atoms with Crippen molar-refractivity contribution in [3.05, 3.63) is 48.0 Å². The first-order chi connectivity index (χ1) is 19.6. The third-order valence-corrected chi connectivity index (χ3v) is 10.1. The molecule has 0 amide bonds. The summed E-state index contributed by atoms with van der Waals surface area (Å²) in [4.78, 5) is 26.0. The molecule has 1 saturated heterocycles. The van der Waals surface area contributed by atoms with Gasteiger partial charge in [-0.25, -0.2) is 4.72 Å². The van der Waals surface area contributed by atoms with Crippen LogP contribution in [0.15, 0.2) is 42.5 Å². The van der Waals surface area contributed by atoms with Crippen LogP contribution in [0.2, 0.25) is 0 Å². The first-order valence-corrected chi connectivity index (χ1v) is 15.6. The first kappa shape index (κ1) is 26.3. The Kier molecular flexibility index (Phi) is 7.26. The van der Waals surface area contributed by atoms with Crippen molar-refractivity contribution in [1.29, 1.82) is 0 Å². The molecule has 0 radical (unpaired) electrons. The summed E-state index contributed by atoms with van der Waals surface area (Å²) in [6.07, 6.45) is 6.30. The van der Waals surface area contributed by atoms with E-state index in [9.17, 15) is 4.79 Å². The molecule has 4 aliphatic rings. The largest absolute Gasteiger partial charge is 0.492 e. The second kappa shape index (κ2) is 11.0. The summed E-state index contributed by atoms with van der Waals surface area (Å²) >= 11 is 1.63. The second-order valence-electron chi connectivity index (χ2n) is 11.6. The molecule has 2 N–H and O–H groups in total. The highest BCUT2D eigenvalue weighted by Gasteiger charge is 2.44. The minimum Gasteiger partial charge on any atom is -0.492 e. The number of nitrogens with zero attached hydrogens (tertiary/aromatic N) is 2. The molecule has 2 unspecified atom stereocenters. The van der Waals surface area contributed by atoms with Crippen molar-refractivity contribution < 1.29 is 19.3 Å². The summed E-state index contributed by atoms with van der Waals surface area (Å²) in [6, 6.07) is 14.9. The van der Waals surface area contributed by atoms with Crippen LogP contribution in [0.5, 0.6) is 5.75 Å². The topological polar surface area (TPSA) is 83.6 Å². The predicted molar refractivity (Wildman–Crippen MR) is 158 cm³/mol. The number of aromatic nitrogens is 1. The zero-order chi connectivity index (χ0) is 27.2. The number of carbonyl (C=O) groups excluding carboxylic acids is 1. The van der Waals surface area contributed by atoms with E-state index >= 15 is 0 Å². The maximum absolute atomic E-state index is 13.6. The van der Waals surface area contributed by atoms with Gasteiger partial charge in [-0.05, 0) is 55.0 Å². The third kappa shape index (κ3) is 4.81. The van der Waals surface area contributed by atoms with Crippen LogP contribution in [0.4, 0.5) is 5.69 Å². The molecule has 4 bridgehead atoms. The molecule has 8 nitrogen and oxygen atoms in total. The van der Waals surface area contributed by atoms with Gasteiger partial charge < -0.3 is 14.2 Å². The molecule has 3 aromatic rings. The highest BCUT2D eigenvalue weighted by atomic mass is 32.2. The fourth-order valence-electron chi connectivity index (χ4n) is 6.84. The molecule has 212 valence electrons. The summed E-state index contributed by atoms with van der Waals surface area (Å²) in [7, 11) is 2.13. The highest BCUT2D eigenvalue weighted by Crippen LogP contribution is 2.48. The number of rotatable bonds is 4. The minimum atomic E-state index is -0.808. The fourth-order valence-corrected chi connectivity index (χ4v) is 7.69. The Hall–Kier alpha value is -2.56. The number of nitrogens with one attached hydrogen (secondary N) is 2. The number of ether oxygens (including phenoxy) is 1. The van der Waals surface area contributed by atoms with Crippen LogP contribution in [0.3, 0.4) is 0 Å². The van der Waals surface area contributed by atoms with Crippen LogP contribution in [-0.2, 0) is 21.1 Å². The van der Waals surface area contributed by atoms with Crippen molar-refractivity contribution in [3.8, 4) is 17.0 Å². The van der Waals surface area contributed by atoms with Gasteiger partial charge in [-0.3, -0.25) is 10.1 Å². The number of para-hydroxylation sites is 1. The normalized spacial score (nSPS) is 25.9. The lowest BCUT2D eigenvalue weighted by Gasteiger charge is -2.33. The van der Waals surface area contributed by atoms with Gasteiger partial charge in [0.05, 0.1) is 35.9 Å². The Labute approximate surface area is 239 Å². The Bertz CT molecular complexity index is 1400. The molecule has 7 rings (SSSR count). The average molecular weight is 563 g/mol. The maximum Gasteiger partial charge on any atom is 0.283 e. The standard InChI is InChI=1S/C31H38N4O4S/c1-3-26-33-28(30(36)31-38-39-31)20-16-35-24-15-21(34(2)18-32-40-26)13-14-22(24)27(19-9-5-4-6-10-19)29(35)23-11-7-8-12-25(23)37-17-20/h7-8,11-15,19-20,26,28,31-33H,3-6,9-10,16-18H2,1-2H3/t20-,26?,28?/m0/s1. The van der Waals surface area contributed by atoms with E-state index in [1.807, 2.05) is 6.07 Å². The summed E-state index contributed by atoms with van der Waals surface area (Å²) in [5.41, 5.74) is 6.24. The van der Waals surface area contributed by atoms with Gasteiger partial charge in [-0.1, -0.05) is 56.3 Å². The van der Waals surface area contributed by atoms with Gasteiger partial charge in [-0.2, -0.15) is 9.78 Å². The maximum atomic E-state index is 13.6. The van der Waals surface area contributed by atoms with Crippen molar-refractivity contribution in [2.45, 2.75) is 75.6 Å². The molecule has 1 saturated carbocycles. The lowest BCUT2D eigenvalue weighted by Crippen LogP contribution is -2.52. The van der Waals surface area contributed by atoms with Crippen molar-refractivity contribution in [1.82, 2.24) is 14.6 Å². The number of ketones is 1.